The van der Waals surface area contributed by atoms with Gasteiger partial charge in [0.05, 0.1) is 28.3 Å². The predicted molar refractivity (Wildman–Crippen MR) is 104 cm³/mol. The van der Waals surface area contributed by atoms with Gasteiger partial charge in [-0.3, -0.25) is 19.7 Å². The molecule has 3 aromatic rings. The van der Waals surface area contributed by atoms with Crippen LogP contribution in [-0.4, -0.2) is 50.4 Å². The number of nitro groups is 1. The number of rotatable bonds is 7. The van der Waals surface area contributed by atoms with Gasteiger partial charge in [-0.25, -0.2) is 14.1 Å². The topological polar surface area (TPSA) is 137 Å². The first-order chi connectivity index (χ1) is 14.2. The monoisotopic (exact) mass is 412 g/mol. The molecular formula is C19H17FN6O4. The van der Waals surface area contributed by atoms with Gasteiger partial charge in [0, 0.05) is 12.1 Å². The molecule has 0 bridgehead atoms. The van der Waals surface area contributed by atoms with Crippen LogP contribution in [0.15, 0.2) is 42.5 Å². The van der Waals surface area contributed by atoms with Crippen molar-refractivity contribution in [1.82, 2.24) is 19.7 Å². The van der Waals surface area contributed by atoms with Crippen LogP contribution in [0.1, 0.15) is 32.4 Å². The molecule has 0 unspecified atom stereocenters. The lowest BCUT2D eigenvalue weighted by Crippen LogP contribution is -2.17. The molecule has 0 aliphatic carbocycles. The molecule has 0 saturated carbocycles. The van der Waals surface area contributed by atoms with Gasteiger partial charge in [0.15, 0.2) is 5.78 Å². The molecule has 0 radical (unpaired) electrons. The number of benzene rings is 2. The first-order valence-corrected chi connectivity index (χ1v) is 8.67. The van der Waals surface area contributed by atoms with Crippen molar-refractivity contribution in [2.24, 2.45) is 5.73 Å². The van der Waals surface area contributed by atoms with E-state index in [9.17, 15) is 24.1 Å². The summed E-state index contributed by atoms with van der Waals surface area (Å²) < 4.78 is 15.4. The number of halogens is 1. The highest BCUT2D eigenvalue weighted by molar-refractivity contribution is 6.11. The number of hydrogen-bond donors (Lipinski definition) is 1. The number of ketones is 1. The summed E-state index contributed by atoms with van der Waals surface area (Å²) in [5, 5.41) is 15.3. The number of hydrogen-bond acceptors (Lipinski definition) is 7. The molecule has 0 aliphatic rings. The Bertz CT molecular complexity index is 1160. The van der Waals surface area contributed by atoms with Crippen molar-refractivity contribution in [2.75, 3.05) is 14.1 Å². The SMILES string of the molecule is CN(C)Cc1nc(C(N)=O)nn1-c1ccc([N+](=O)[O-])cc1C(=O)c1ccccc1F. The van der Waals surface area contributed by atoms with E-state index in [1.54, 1.807) is 19.0 Å². The third kappa shape index (κ3) is 4.05. The van der Waals surface area contributed by atoms with Gasteiger partial charge >= 0.3 is 0 Å². The number of amides is 1. The zero-order valence-electron chi connectivity index (χ0n) is 16.1. The van der Waals surface area contributed by atoms with E-state index in [0.717, 1.165) is 12.1 Å². The third-order valence-electron chi connectivity index (χ3n) is 4.13. The molecule has 30 heavy (non-hydrogen) atoms. The van der Waals surface area contributed by atoms with E-state index in [0.29, 0.717) is 0 Å². The minimum atomic E-state index is -0.877. The molecule has 1 heterocycles. The minimum absolute atomic E-state index is 0.103. The fourth-order valence-electron chi connectivity index (χ4n) is 2.82. The summed E-state index contributed by atoms with van der Waals surface area (Å²) in [5.41, 5.74) is 4.59. The highest BCUT2D eigenvalue weighted by Gasteiger charge is 2.25. The molecule has 0 spiro atoms. The number of non-ortho nitro benzene ring substituents is 1. The number of carbonyl (C=O) groups excluding carboxylic acids is 2. The van der Waals surface area contributed by atoms with Crippen LogP contribution < -0.4 is 5.73 Å². The number of nitrogens with two attached hydrogens (primary N) is 1. The lowest BCUT2D eigenvalue weighted by atomic mass is 10.0. The summed E-state index contributed by atoms with van der Waals surface area (Å²) in [6, 6.07) is 8.80. The van der Waals surface area contributed by atoms with E-state index in [-0.39, 0.29) is 40.7 Å². The van der Waals surface area contributed by atoms with Crippen LogP contribution in [0.2, 0.25) is 0 Å². The summed E-state index contributed by atoms with van der Waals surface area (Å²) in [5.74, 6) is -2.44. The lowest BCUT2D eigenvalue weighted by molar-refractivity contribution is -0.384. The van der Waals surface area contributed by atoms with Crippen LogP contribution in [-0.2, 0) is 6.54 Å². The number of nitrogens with zero attached hydrogens (tertiary/aromatic N) is 5. The standard InChI is InChI=1S/C19H17FN6O4/c1-24(2)10-16-22-19(18(21)28)23-25(16)15-8-7-11(26(29)30)9-13(15)17(27)12-5-3-4-6-14(12)20/h3-9H,10H2,1-2H3,(H2,21,28). The molecule has 0 fully saturated rings. The number of aromatic nitrogens is 3. The lowest BCUT2D eigenvalue weighted by Gasteiger charge is -2.13. The second-order valence-corrected chi connectivity index (χ2v) is 6.63. The Hall–Kier alpha value is -3.99. The Labute approximate surface area is 169 Å². The summed E-state index contributed by atoms with van der Waals surface area (Å²) in [7, 11) is 3.51. The quantitative estimate of drug-likeness (QED) is 0.354. The van der Waals surface area contributed by atoms with Gasteiger partial charge in [0.25, 0.3) is 11.6 Å². The predicted octanol–water partition coefficient (Wildman–Crippen LogP) is 1.71. The Morgan fingerprint density at radius 1 is 1.20 bits per heavy atom. The van der Waals surface area contributed by atoms with Crippen molar-refractivity contribution in [3.8, 4) is 5.69 Å². The van der Waals surface area contributed by atoms with Crippen molar-refractivity contribution in [3.63, 3.8) is 0 Å². The minimum Gasteiger partial charge on any atom is -0.363 e. The van der Waals surface area contributed by atoms with Crippen LogP contribution in [0.4, 0.5) is 10.1 Å². The van der Waals surface area contributed by atoms with Gasteiger partial charge in [-0.05, 0) is 32.3 Å². The zero-order valence-corrected chi connectivity index (χ0v) is 16.1. The molecular weight excluding hydrogens is 395 g/mol. The molecule has 1 aromatic heterocycles. The molecule has 10 nitrogen and oxygen atoms in total. The smallest absolute Gasteiger partial charge is 0.288 e. The van der Waals surface area contributed by atoms with Gasteiger partial charge in [-0.1, -0.05) is 12.1 Å². The summed E-state index contributed by atoms with van der Waals surface area (Å²) >= 11 is 0. The fraction of sp³-hybridized carbons (Fsp3) is 0.158. The second kappa shape index (κ2) is 8.17. The average molecular weight is 412 g/mol. The number of nitro benzene ring substituents is 1. The Morgan fingerprint density at radius 3 is 2.50 bits per heavy atom. The van der Waals surface area contributed by atoms with Crippen molar-refractivity contribution >= 4 is 17.4 Å². The van der Waals surface area contributed by atoms with Gasteiger partial charge in [-0.2, -0.15) is 0 Å². The summed E-state index contributed by atoms with van der Waals surface area (Å²) in [4.78, 5) is 41.1. The summed E-state index contributed by atoms with van der Waals surface area (Å²) in [6.45, 7) is 0.227. The average Bonchev–Trinajstić information content (AvgIpc) is 3.10. The van der Waals surface area contributed by atoms with Crippen LogP contribution in [0.25, 0.3) is 5.69 Å². The second-order valence-electron chi connectivity index (χ2n) is 6.63. The third-order valence-corrected chi connectivity index (χ3v) is 4.13. The van der Waals surface area contributed by atoms with E-state index >= 15 is 0 Å². The maximum Gasteiger partial charge on any atom is 0.288 e. The van der Waals surface area contributed by atoms with Crippen LogP contribution in [0.5, 0.6) is 0 Å². The van der Waals surface area contributed by atoms with E-state index < -0.39 is 22.4 Å². The van der Waals surface area contributed by atoms with E-state index in [1.807, 2.05) is 0 Å². The molecule has 1 amide bonds. The first kappa shape index (κ1) is 20.7. The summed E-state index contributed by atoms with van der Waals surface area (Å²) in [6.07, 6.45) is 0. The van der Waals surface area contributed by atoms with Crippen molar-refractivity contribution < 1.29 is 18.9 Å². The van der Waals surface area contributed by atoms with Gasteiger partial charge < -0.3 is 10.6 Å². The normalized spacial score (nSPS) is 10.9. The van der Waals surface area contributed by atoms with Crippen LogP contribution in [0, 0.1) is 15.9 Å². The highest BCUT2D eigenvalue weighted by Crippen LogP contribution is 2.25. The Morgan fingerprint density at radius 2 is 1.90 bits per heavy atom. The van der Waals surface area contributed by atoms with Gasteiger partial charge in [0.1, 0.15) is 11.6 Å². The number of carbonyl (C=O) groups is 2. The molecule has 11 heteroatoms. The number of primary amides is 1. The first-order valence-electron chi connectivity index (χ1n) is 8.67. The van der Waals surface area contributed by atoms with Crippen molar-refractivity contribution in [2.45, 2.75) is 6.54 Å². The van der Waals surface area contributed by atoms with Gasteiger partial charge in [-0.15, -0.1) is 5.10 Å². The maximum atomic E-state index is 14.2. The van der Waals surface area contributed by atoms with Crippen LogP contribution >= 0.6 is 0 Å². The maximum absolute atomic E-state index is 14.2. The molecule has 154 valence electrons. The molecule has 3 rings (SSSR count). The highest BCUT2D eigenvalue weighted by atomic mass is 19.1. The molecule has 0 atom stereocenters. The Balaban J connectivity index is 2.26. The van der Waals surface area contributed by atoms with E-state index in [2.05, 4.69) is 10.1 Å². The van der Waals surface area contributed by atoms with Crippen LogP contribution in [0.3, 0.4) is 0 Å². The van der Waals surface area contributed by atoms with Crippen molar-refractivity contribution in [3.05, 3.63) is 81.2 Å². The zero-order chi connectivity index (χ0) is 22.0. The van der Waals surface area contributed by atoms with Gasteiger partial charge in [0.2, 0.25) is 5.82 Å². The molecule has 2 N–H and O–H groups in total. The largest absolute Gasteiger partial charge is 0.363 e. The van der Waals surface area contributed by atoms with E-state index in [1.165, 1.54) is 35.0 Å². The molecule has 0 saturated heterocycles. The molecule has 0 aliphatic heterocycles. The fourth-order valence-corrected chi connectivity index (χ4v) is 2.82. The Kier molecular flexibility index (Phi) is 5.65. The van der Waals surface area contributed by atoms with E-state index in [4.69, 9.17) is 5.73 Å². The molecule has 2 aromatic carbocycles. The van der Waals surface area contributed by atoms with Crippen molar-refractivity contribution in [1.29, 1.82) is 0 Å².